The molecule has 2 heterocycles. The summed E-state index contributed by atoms with van der Waals surface area (Å²) in [7, 11) is -3.81. The first kappa shape index (κ1) is 20.9. The van der Waals surface area contributed by atoms with E-state index in [-0.39, 0.29) is 17.3 Å². The van der Waals surface area contributed by atoms with Gasteiger partial charge in [-0.25, -0.2) is 8.42 Å². The first-order valence-corrected chi connectivity index (χ1v) is 12.5. The van der Waals surface area contributed by atoms with Crippen LogP contribution in [0.25, 0.3) is 0 Å². The van der Waals surface area contributed by atoms with E-state index in [1.165, 1.54) is 15.4 Å². The summed E-state index contributed by atoms with van der Waals surface area (Å²) in [4.78, 5) is 15.9. The third-order valence-electron chi connectivity index (χ3n) is 6.57. The second-order valence-electron chi connectivity index (χ2n) is 8.45. The molecule has 0 fully saturated rings. The minimum absolute atomic E-state index is 0.105. The van der Waals surface area contributed by atoms with Gasteiger partial charge in [-0.3, -0.25) is 4.79 Å². The Balaban J connectivity index is 1.48. The average molecular weight is 447 g/mol. The van der Waals surface area contributed by atoms with Crippen LogP contribution in [0.4, 0.5) is 0 Å². The molecule has 0 aliphatic carbocycles. The Labute approximate surface area is 189 Å². The molecule has 0 spiro atoms. The van der Waals surface area contributed by atoms with Crippen LogP contribution in [0.15, 0.2) is 83.8 Å². The standard InChI is InChI=1S/C26H26N2O3S/c29-26(27-16-14-20-8-4-5-9-21(20)15-17-27)25-18-22-10-6-7-11-23(22)19-28(25)32(30,31)24-12-2-1-3-13-24/h1-13,25H,14-19H2. The van der Waals surface area contributed by atoms with Gasteiger partial charge in [0.1, 0.15) is 6.04 Å². The molecule has 5 rings (SSSR count). The van der Waals surface area contributed by atoms with Crippen LogP contribution >= 0.6 is 0 Å². The maximum atomic E-state index is 13.8. The van der Waals surface area contributed by atoms with E-state index < -0.39 is 16.1 Å². The van der Waals surface area contributed by atoms with Crippen LogP contribution in [-0.2, 0) is 40.6 Å². The van der Waals surface area contributed by atoms with Gasteiger partial charge in [-0.15, -0.1) is 0 Å². The molecule has 6 heteroatoms. The van der Waals surface area contributed by atoms with E-state index in [1.54, 1.807) is 30.3 Å². The number of amides is 1. The molecule has 1 amide bonds. The molecule has 3 aromatic carbocycles. The lowest BCUT2D eigenvalue weighted by molar-refractivity contribution is -0.135. The number of carbonyl (C=O) groups is 1. The lowest BCUT2D eigenvalue weighted by Crippen LogP contribution is -2.54. The lowest BCUT2D eigenvalue weighted by atomic mass is 9.95. The lowest BCUT2D eigenvalue weighted by Gasteiger charge is -2.37. The molecule has 0 N–H and O–H groups in total. The SMILES string of the molecule is O=C(C1Cc2ccccc2CN1S(=O)(=O)c1ccccc1)N1CCc2ccccc2CC1. The Morgan fingerprint density at radius 2 is 1.25 bits per heavy atom. The Morgan fingerprint density at radius 1 is 0.719 bits per heavy atom. The topological polar surface area (TPSA) is 57.7 Å². The maximum absolute atomic E-state index is 13.8. The van der Waals surface area contributed by atoms with Gasteiger partial charge in [-0.05, 0) is 53.6 Å². The van der Waals surface area contributed by atoms with Crippen LogP contribution in [0.3, 0.4) is 0 Å². The molecule has 0 radical (unpaired) electrons. The fourth-order valence-electron chi connectivity index (χ4n) is 4.79. The van der Waals surface area contributed by atoms with Crippen molar-refractivity contribution in [1.82, 2.24) is 9.21 Å². The van der Waals surface area contributed by atoms with E-state index in [9.17, 15) is 13.2 Å². The Hall–Kier alpha value is -2.96. The van der Waals surface area contributed by atoms with Crippen LogP contribution < -0.4 is 0 Å². The summed E-state index contributed by atoms with van der Waals surface area (Å²) in [6.07, 6.45) is 1.97. The van der Waals surface area contributed by atoms with Gasteiger partial charge in [0.15, 0.2) is 0 Å². The minimum Gasteiger partial charge on any atom is -0.341 e. The molecule has 0 bridgehead atoms. The van der Waals surface area contributed by atoms with E-state index >= 15 is 0 Å². The van der Waals surface area contributed by atoms with Crippen LogP contribution in [0.1, 0.15) is 22.3 Å². The van der Waals surface area contributed by atoms with Crippen molar-refractivity contribution >= 4 is 15.9 Å². The van der Waals surface area contributed by atoms with E-state index in [1.807, 2.05) is 41.3 Å². The highest BCUT2D eigenvalue weighted by Crippen LogP contribution is 2.30. The van der Waals surface area contributed by atoms with E-state index in [0.717, 1.165) is 24.0 Å². The fourth-order valence-corrected chi connectivity index (χ4v) is 6.37. The number of carbonyl (C=O) groups excluding carboxylic acids is 1. The second-order valence-corrected chi connectivity index (χ2v) is 10.3. The van der Waals surface area contributed by atoms with Gasteiger partial charge in [0.25, 0.3) is 0 Å². The van der Waals surface area contributed by atoms with Crippen molar-refractivity contribution in [1.29, 1.82) is 0 Å². The van der Waals surface area contributed by atoms with Crippen molar-refractivity contribution in [2.24, 2.45) is 0 Å². The van der Waals surface area contributed by atoms with Crippen molar-refractivity contribution in [2.45, 2.75) is 36.7 Å². The highest BCUT2D eigenvalue weighted by Gasteiger charge is 2.41. The van der Waals surface area contributed by atoms with Crippen LogP contribution in [0.2, 0.25) is 0 Å². The van der Waals surface area contributed by atoms with Gasteiger partial charge < -0.3 is 4.90 Å². The highest BCUT2D eigenvalue weighted by atomic mass is 32.2. The summed E-state index contributed by atoms with van der Waals surface area (Å²) in [6.45, 7) is 1.41. The van der Waals surface area contributed by atoms with E-state index in [0.29, 0.717) is 19.5 Å². The summed E-state index contributed by atoms with van der Waals surface area (Å²) in [6, 6.07) is 23.8. The molecule has 2 aliphatic heterocycles. The highest BCUT2D eigenvalue weighted by molar-refractivity contribution is 7.89. The third kappa shape index (κ3) is 3.85. The van der Waals surface area contributed by atoms with Crippen molar-refractivity contribution in [3.63, 3.8) is 0 Å². The van der Waals surface area contributed by atoms with E-state index in [2.05, 4.69) is 12.1 Å². The molecule has 164 valence electrons. The number of hydrogen-bond donors (Lipinski definition) is 0. The van der Waals surface area contributed by atoms with Gasteiger partial charge in [-0.1, -0.05) is 66.7 Å². The molecule has 32 heavy (non-hydrogen) atoms. The number of fused-ring (bicyclic) bond motifs is 2. The van der Waals surface area contributed by atoms with Gasteiger partial charge >= 0.3 is 0 Å². The van der Waals surface area contributed by atoms with Crippen LogP contribution in [-0.4, -0.2) is 42.7 Å². The molecule has 1 atom stereocenters. The van der Waals surface area contributed by atoms with Crippen molar-refractivity contribution in [3.8, 4) is 0 Å². The average Bonchev–Trinajstić information content (AvgIpc) is 3.06. The van der Waals surface area contributed by atoms with Gasteiger partial charge in [0.05, 0.1) is 4.90 Å². The Morgan fingerprint density at radius 3 is 1.88 bits per heavy atom. The minimum atomic E-state index is -3.81. The van der Waals surface area contributed by atoms with Crippen LogP contribution in [0, 0.1) is 0 Å². The molecular formula is C26H26N2O3S. The molecule has 1 unspecified atom stereocenters. The van der Waals surface area contributed by atoms with Crippen molar-refractivity contribution in [3.05, 3.63) is 101 Å². The van der Waals surface area contributed by atoms with Gasteiger partial charge in [-0.2, -0.15) is 4.31 Å². The summed E-state index contributed by atoms with van der Waals surface area (Å²) in [5.41, 5.74) is 4.54. The molecule has 0 saturated heterocycles. The summed E-state index contributed by atoms with van der Waals surface area (Å²) < 4.78 is 28.6. The number of benzene rings is 3. The smallest absolute Gasteiger partial charge is 0.244 e. The quantitative estimate of drug-likeness (QED) is 0.619. The van der Waals surface area contributed by atoms with Gasteiger partial charge in [0, 0.05) is 19.6 Å². The first-order chi connectivity index (χ1) is 15.5. The normalized spacial score (nSPS) is 19.0. The molecular weight excluding hydrogens is 420 g/mol. The number of rotatable bonds is 3. The summed E-state index contributed by atoms with van der Waals surface area (Å²) >= 11 is 0. The first-order valence-electron chi connectivity index (χ1n) is 11.0. The van der Waals surface area contributed by atoms with Crippen molar-refractivity contribution in [2.75, 3.05) is 13.1 Å². The fraction of sp³-hybridized carbons (Fsp3) is 0.269. The molecule has 5 nitrogen and oxygen atoms in total. The predicted octanol–water partition coefficient (Wildman–Crippen LogP) is 3.43. The van der Waals surface area contributed by atoms with Crippen molar-refractivity contribution < 1.29 is 13.2 Å². The van der Waals surface area contributed by atoms with Gasteiger partial charge in [0.2, 0.25) is 15.9 Å². The zero-order valence-electron chi connectivity index (χ0n) is 17.9. The van der Waals surface area contributed by atoms with Crippen LogP contribution in [0.5, 0.6) is 0 Å². The van der Waals surface area contributed by atoms with E-state index in [4.69, 9.17) is 0 Å². The predicted molar refractivity (Wildman–Crippen MR) is 124 cm³/mol. The maximum Gasteiger partial charge on any atom is 0.244 e. The zero-order valence-corrected chi connectivity index (χ0v) is 18.7. The zero-order chi connectivity index (χ0) is 22.1. The Kier molecular flexibility index (Phi) is 5.57. The summed E-state index contributed by atoms with van der Waals surface area (Å²) in [5, 5.41) is 0. The number of nitrogens with zero attached hydrogens (tertiary/aromatic N) is 2. The number of sulfonamides is 1. The monoisotopic (exact) mass is 446 g/mol. The molecule has 3 aromatic rings. The molecule has 0 saturated carbocycles. The second kappa shape index (κ2) is 8.52. The number of hydrogen-bond acceptors (Lipinski definition) is 3. The molecule has 0 aromatic heterocycles. The Bertz CT molecular complexity index is 1210. The summed E-state index contributed by atoms with van der Waals surface area (Å²) in [5.74, 6) is -0.105. The largest absolute Gasteiger partial charge is 0.341 e. The molecule has 2 aliphatic rings. The third-order valence-corrected chi connectivity index (χ3v) is 8.44.